The predicted octanol–water partition coefficient (Wildman–Crippen LogP) is 2.60. The van der Waals surface area contributed by atoms with E-state index in [9.17, 15) is 9.18 Å². The Balaban J connectivity index is 2.26. The highest BCUT2D eigenvalue weighted by Gasteiger charge is 2.22. The van der Waals surface area contributed by atoms with Crippen molar-refractivity contribution in [1.29, 1.82) is 0 Å². The van der Waals surface area contributed by atoms with Crippen LogP contribution in [0.3, 0.4) is 0 Å². The van der Waals surface area contributed by atoms with E-state index in [-0.39, 0.29) is 11.6 Å². The molecule has 1 fully saturated rings. The highest BCUT2D eigenvalue weighted by molar-refractivity contribution is 5.95. The first-order valence-electron chi connectivity index (χ1n) is 4.74. The van der Waals surface area contributed by atoms with E-state index in [1.54, 1.807) is 6.07 Å². The summed E-state index contributed by atoms with van der Waals surface area (Å²) in [7, 11) is 0. The molecule has 3 heteroatoms. The third kappa shape index (κ3) is 1.92. The van der Waals surface area contributed by atoms with Crippen LogP contribution in [0, 0.1) is 5.82 Å². The minimum absolute atomic E-state index is 0.0381. The van der Waals surface area contributed by atoms with E-state index in [0.29, 0.717) is 17.3 Å². The Morgan fingerprint density at radius 3 is 2.79 bits per heavy atom. The monoisotopic (exact) mass is 193 g/mol. The lowest BCUT2D eigenvalue weighted by Crippen LogP contribution is -2.04. The second-order valence-electron chi connectivity index (χ2n) is 3.67. The second-order valence-corrected chi connectivity index (χ2v) is 3.67. The predicted molar refractivity (Wildman–Crippen MR) is 53.0 cm³/mol. The molecule has 0 atom stereocenters. The van der Waals surface area contributed by atoms with Crippen LogP contribution in [0.15, 0.2) is 18.2 Å². The van der Waals surface area contributed by atoms with Crippen molar-refractivity contribution < 1.29 is 9.18 Å². The molecule has 0 bridgehead atoms. The van der Waals surface area contributed by atoms with Crippen LogP contribution in [0.1, 0.15) is 30.1 Å². The minimum Gasteiger partial charge on any atom is -0.380 e. The number of halogens is 1. The zero-order valence-electron chi connectivity index (χ0n) is 8.01. The van der Waals surface area contributed by atoms with Gasteiger partial charge in [0, 0.05) is 11.6 Å². The number of carbonyl (C=O) groups excluding carboxylic acids is 1. The van der Waals surface area contributed by atoms with Gasteiger partial charge in [0.05, 0.1) is 5.69 Å². The molecule has 0 heterocycles. The Hall–Kier alpha value is -1.38. The standard InChI is InChI=1S/C11H12FNO/c1-7(14)8-2-5-10(12)11(6-8)13-9-3-4-9/h2,5-6,9,13H,3-4H2,1H3. The lowest BCUT2D eigenvalue weighted by molar-refractivity contribution is 0.101. The Kier molecular flexibility index (Phi) is 2.23. The van der Waals surface area contributed by atoms with Crippen molar-refractivity contribution in [2.75, 3.05) is 5.32 Å². The molecular weight excluding hydrogens is 181 g/mol. The molecular formula is C11H12FNO. The second kappa shape index (κ2) is 3.40. The zero-order valence-corrected chi connectivity index (χ0v) is 8.01. The maximum absolute atomic E-state index is 13.2. The molecule has 0 saturated heterocycles. The maximum Gasteiger partial charge on any atom is 0.159 e. The van der Waals surface area contributed by atoms with Crippen molar-refractivity contribution in [1.82, 2.24) is 0 Å². The zero-order chi connectivity index (χ0) is 10.1. The number of hydrogen-bond acceptors (Lipinski definition) is 2. The Morgan fingerprint density at radius 2 is 2.21 bits per heavy atom. The van der Waals surface area contributed by atoms with Crippen LogP contribution in [-0.2, 0) is 0 Å². The van der Waals surface area contributed by atoms with Gasteiger partial charge >= 0.3 is 0 Å². The first kappa shape index (κ1) is 9.19. The van der Waals surface area contributed by atoms with Crippen LogP contribution in [0.2, 0.25) is 0 Å². The number of hydrogen-bond donors (Lipinski definition) is 1. The van der Waals surface area contributed by atoms with Gasteiger partial charge in [0.1, 0.15) is 5.82 Å². The van der Waals surface area contributed by atoms with Gasteiger partial charge in [0.2, 0.25) is 0 Å². The van der Waals surface area contributed by atoms with Crippen LogP contribution in [0.4, 0.5) is 10.1 Å². The van der Waals surface area contributed by atoms with Crippen LogP contribution in [0.5, 0.6) is 0 Å². The molecule has 0 spiro atoms. The lowest BCUT2D eigenvalue weighted by atomic mass is 10.1. The summed E-state index contributed by atoms with van der Waals surface area (Å²) in [6.45, 7) is 1.48. The van der Waals surface area contributed by atoms with Gasteiger partial charge in [-0.3, -0.25) is 4.79 Å². The topological polar surface area (TPSA) is 29.1 Å². The van der Waals surface area contributed by atoms with Crippen molar-refractivity contribution in [3.05, 3.63) is 29.6 Å². The number of Topliss-reactive ketones (excluding diaryl/α,β-unsaturated/α-hetero) is 1. The van der Waals surface area contributed by atoms with E-state index in [4.69, 9.17) is 0 Å². The molecule has 0 aliphatic heterocycles. The van der Waals surface area contributed by atoms with Crippen LogP contribution < -0.4 is 5.32 Å². The molecule has 1 aromatic carbocycles. The summed E-state index contributed by atoms with van der Waals surface area (Å²) in [6.07, 6.45) is 2.17. The van der Waals surface area contributed by atoms with Crippen molar-refractivity contribution in [2.45, 2.75) is 25.8 Å². The molecule has 1 aliphatic rings. The van der Waals surface area contributed by atoms with Crippen molar-refractivity contribution in [3.63, 3.8) is 0 Å². The summed E-state index contributed by atoms with van der Waals surface area (Å²) < 4.78 is 13.2. The average Bonchev–Trinajstić information content (AvgIpc) is 2.92. The smallest absolute Gasteiger partial charge is 0.159 e. The molecule has 0 aromatic heterocycles. The summed E-state index contributed by atoms with van der Waals surface area (Å²) in [6, 6.07) is 4.82. The highest BCUT2D eigenvalue weighted by atomic mass is 19.1. The van der Waals surface area contributed by atoms with E-state index in [1.165, 1.54) is 19.1 Å². The molecule has 0 radical (unpaired) electrons. The number of anilines is 1. The van der Waals surface area contributed by atoms with Crippen molar-refractivity contribution >= 4 is 11.5 Å². The normalized spacial score (nSPS) is 15.3. The minimum atomic E-state index is -0.290. The fraction of sp³-hybridized carbons (Fsp3) is 0.364. The largest absolute Gasteiger partial charge is 0.380 e. The maximum atomic E-state index is 13.2. The number of carbonyl (C=O) groups is 1. The van der Waals surface area contributed by atoms with Crippen molar-refractivity contribution in [3.8, 4) is 0 Å². The quantitative estimate of drug-likeness (QED) is 0.747. The molecule has 1 aliphatic carbocycles. The van der Waals surface area contributed by atoms with E-state index < -0.39 is 0 Å². The van der Waals surface area contributed by atoms with E-state index in [1.807, 2.05) is 0 Å². The highest BCUT2D eigenvalue weighted by Crippen LogP contribution is 2.26. The first-order chi connectivity index (χ1) is 6.66. The van der Waals surface area contributed by atoms with Gasteiger partial charge in [-0.25, -0.2) is 4.39 Å². The molecule has 1 N–H and O–H groups in total. The Bertz CT molecular complexity index is 372. The molecule has 14 heavy (non-hydrogen) atoms. The molecule has 1 saturated carbocycles. The van der Waals surface area contributed by atoms with Gasteiger partial charge in [-0.1, -0.05) is 0 Å². The molecule has 2 rings (SSSR count). The summed E-state index contributed by atoms with van der Waals surface area (Å²) in [5.41, 5.74) is 0.995. The lowest BCUT2D eigenvalue weighted by Gasteiger charge is -2.06. The molecule has 1 aromatic rings. The Morgan fingerprint density at radius 1 is 1.50 bits per heavy atom. The summed E-state index contributed by atoms with van der Waals surface area (Å²) in [5, 5.41) is 3.05. The van der Waals surface area contributed by atoms with Crippen molar-refractivity contribution in [2.24, 2.45) is 0 Å². The van der Waals surface area contributed by atoms with E-state index in [0.717, 1.165) is 12.8 Å². The molecule has 74 valence electrons. The van der Waals surface area contributed by atoms with E-state index >= 15 is 0 Å². The summed E-state index contributed by atoms with van der Waals surface area (Å²) in [4.78, 5) is 11.1. The fourth-order valence-electron chi connectivity index (χ4n) is 1.30. The number of benzene rings is 1. The number of rotatable bonds is 3. The van der Waals surface area contributed by atoms with Gasteiger partial charge < -0.3 is 5.32 Å². The number of nitrogens with one attached hydrogen (secondary N) is 1. The third-order valence-electron chi connectivity index (χ3n) is 2.31. The van der Waals surface area contributed by atoms with Crippen LogP contribution in [-0.4, -0.2) is 11.8 Å². The van der Waals surface area contributed by atoms with E-state index in [2.05, 4.69) is 5.32 Å². The van der Waals surface area contributed by atoms with Gasteiger partial charge in [-0.05, 0) is 38.0 Å². The van der Waals surface area contributed by atoms with Gasteiger partial charge in [0.25, 0.3) is 0 Å². The number of ketones is 1. The molecule has 0 unspecified atom stereocenters. The Labute approximate surface area is 82.1 Å². The average molecular weight is 193 g/mol. The van der Waals surface area contributed by atoms with Crippen LogP contribution >= 0.6 is 0 Å². The van der Waals surface area contributed by atoms with Crippen LogP contribution in [0.25, 0.3) is 0 Å². The first-order valence-corrected chi connectivity index (χ1v) is 4.74. The molecule has 2 nitrogen and oxygen atoms in total. The van der Waals surface area contributed by atoms with Gasteiger partial charge in [0.15, 0.2) is 5.78 Å². The fourth-order valence-corrected chi connectivity index (χ4v) is 1.30. The van der Waals surface area contributed by atoms with Gasteiger partial charge in [-0.15, -0.1) is 0 Å². The van der Waals surface area contributed by atoms with Gasteiger partial charge in [-0.2, -0.15) is 0 Å². The third-order valence-corrected chi connectivity index (χ3v) is 2.31. The summed E-state index contributed by atoms with van der Waals surface area (Å²) >= 11 is 0. The summed E-state index contributed by atoms with van der Waals surface area (Å²) in [5.74, 6) is -0.328. The SMILES string of the molecule is CC(=O)c1ccc(F)c(NC2CC2)c1. The molecule has 0 amide bonds.